The van der Waals surface area contributed by atoms with E-state index in [1.54, 1.807) is 29.1 Å². The molecule has 0 saturated heterocycles. The third-order valence-electron chi connectivity index (χ3n) is 2.86. The highest BCUT2D eigenvalue weighted by atomic mass is 32.1. The van der Waals surface area contributed by atoms with Crippen molar-refractivity contribution in [2.24, 2.45) is 5.73 Å². The molecule has 2 aromatic heterocycles. The number of carbonyl (C=O) groups excluding carboxylic acids is 1. The normalized spacial score (nSPS) is 12.4. The smallest absolute Gasteiger partial charge is 0.341 e. The molecule has 0 amide bonds. The van der Waals surface area contributed by atoms with Crippen LogP contribution in [0.2, 0.25) is 0 Å². The summed E-state index contributed by atoms with van der Waals surface area (Å²) >= 11 is 1.65. The second-order valence-corrected chi connectivity index (χ2v) is 5.10. The van der Waals surface area contributed by atoms with E-state index in [4.69, 9.17) is 10.5 Å². The number of aryl methyl sites for hydroxylation is 1. The van der Waals surface area contributed by atoms with Gasteiger partial charge in [0.1, 0.15) is 0 Å². The maximum atomic E-state index is 11.6. The standard InChI is InChI=1S/C13H17N3O2S/c1-3-18-13(17)10-7-15-16(8-10)11(6-14)12-9(2)4-5-19-12/h4-5,7-8,11H,3,6,14H2,1-2H3. The topological polar surface area (TPSA) is 70.1 Å². The van der Waals surface area contributed by atoms with Crippen molar-refractivity contribution in [3.63, 3.8) is 0 Å². The Morgan fingerprint density at radius 3 is 3.00 bits per heavy atom. The molecule has 1 atom stereocenters. The summed E-state index contributed by atoms with van der Waals surface area (Å²) in [4.78, 5) is 12.8. The van der Waals surface area contributed by atoms with Crippen molar-refractivity contribution < 1.29 is 9.53 Å². The minimum atomic E-state index is -0.354. The van der Waals surface area contributed by atoms with E-state index >= 15 is 0 Å². The molecule has 2 N–H and O–H groups in total. The van der Waals surface area contributed by atoms with E-state index in [-0.39, 0.29) is 12.0 Å². The lowest BCUT2D eigenvalue weighted by atomic mass is 10.2. The van der Waals surface area contributed by atoms with Crippen LogP contribution < -0.4 is 5.73 Å². The summed E-state index contributed by atoms with van der Waals surface area (Å²) in [6.07, 6.45) is 3.21. The van der Waals surface area contributed by atoms with Crippen LogP contribution in [0.25, 0.3) is 0 Å². The first kappa shape index (κ1) is 13.8. The summed E-state index contributed by atoms with van der Waals surface area (Å²) in [6, 6.07) is 2.02. The first-order chi connectivity index (χ1) is 9.17. The maximum Gasteiger partial charge on any atom is 0.341 e. The Bertz CT molecular complexity index is 562. The van der Waals surface area contributed by atoms with E-state index < -0.39 is 0 Å². The van der Waals surface area contributed by atoms with Gasteiger partial charge >= 0.3 is 5.97 Å². The summed E-state index contributed by atoms with van der Waals surface area (Å²) in [5, 5.41) is 6.26. The third-order valence-corrected chi connectivity index (χ3v) is 3.98. The Labute approximate surface area is 116 Å². The number of nitrogens with zero attached hydrogens (tertiary/aromatic N) is 2. The Morgan fingerprint density at radius 1 is 1.63 bits per heavy atom. The zero-order chi connectivity index (χ0) is 13.8. The highest BCUT2D eigenvalue weighted by Gasteiger charge is 2.18. The highest BCUT2D eigenvalue weighted by molar-refractivity contribution is 7.10. The molecular formula is C13H17N3O2S. The van der Waals surface area contributed by atoms with E-state index in [9.17, 15) is 4.79 Å². The average molecular weight is 279 g/mol. The molecule has 6 heteroatoms. The van der Waals surface area contributed by atoms with Gasteiger partial charge in [-0.2, -0.15) is 5.10 Å². The molecule has 0 fully saturated rings. The molecule has 0 saturated carbocycles. The van der Waals surface area contributed by atoms with Crippen LogP contribution in [0, 0.1) is 6.92 Å². The van der Waals surface area contributed by atoms with Crippen LogP contribution >= 0.6 is 11.3 Å². The Hall–Kier alpha value is -1.66. The lowest BCUT2D eigenvalue weighted by Gasteiger charge is -2.14. The molecule has 0 radical (unpaired) electrons. The highest BCUT2D eigenvalue weighted by Crippen LogP contribution is 2.26. The fourth-order valence-electron chi connectivity index (χ4n) is 1.89. The van der Waals surface area contributed by atoms with Gasteiger partial charge in [0, 0.05) is 17.6 Å². The summed E-state index contributed by atoms with van der Waals surface area (Å²) < 4.78 is 6.68. The van der Waals surface area contributed by atoms with Crippen molar-refractivity contribution in [3.8, 4) is 0 Å². The zero-order valence-electron chi connectivity index (χ0n) is 11.0. The van der Waals surface area contributed by atoms with Crippen LogP contribution in [0.4, 0.5) is 0 Å². The SMILES string of the molecule is CCOC(=O)c1cnn(C(CN)c2sccc2C)c1. The molecule has 2 rings (SSSR count). The van der Waals surface area contributed by atoms with Crippen LogP contribution in [0.1, 0.15) is 33.8 Å². The van der Waals surface area contributed by atoms with Gasteiger partial charge < -0.3 is 10.5 Å². The number of nitrogens with two attached hydrogens (primary N) is 1. The second kappa shape index (κ2) is 5.99. The van der Waals surface area contributed by atoms with Gasteiger partial charge in [0.25, 0.3) is 0 Å². The molecule has 1 unspecified atom stereocenters. The molecule has 0 spiro atoms. The predicted molar refractivity (Wildman–Crippen MR) is 74.4 cm³/mol. The van der Waals surface area contributed by atoms with Crippen molar-refractivity contribution in [3.05, 3.63) is 39.8 Å². The number of esters is 1. The Morgan fingerprint density at radius 2 is 2.42 bits per heavy atom. The number of thiophene rings is 1. The molecule has 102 valence electrons. The van der Waals surface area contributed by atoms with Gasteiger partial charge in [-0.05, 0) is 30.9 Å². The van der Waals surface area contributed by atoms with Gasteiger partial charge in [-0.1, -0.05) is 0 Å². The molecule has 0 aliphatic heterocycles. The minimum absolute atomic E-state index is 0.0387. The van der Waals surface area contributed by atoms with E-state index in [0.29, 0.717) is 18.7 Å². The molecule has 19 heavy (non-hydrogen) atoms. The minimum Gasteiger partial charge on any atom is -0.462 e. The van der Waals surface area contributed by atoms with Crippen molar-refractivity contribution in [2.45, 2.75) is 19.9 Å². The molecule has 0 bridgehead atoms. The molecule has 2 aromatic rings. The summed E-state index contributed by atoms with van der Waals surface area (Å²) in [7, 11) is 0. The van der Waals surface area contributed by atoms with E-state index in [1.807, 2.05) is 12.3 Å². The van der Waals surface area contributed by atoms with E-state index in [2.05, 4.69) is 11.2 Å². The molecule has 5 nitrogen and oxygen atoms in total. The zero-order valence-corrected chi connectivity index (χ0v) is 11.8. The van der Waals surface area contributed by atoms with Gasteiger partial charge in [-0.15, -0.1) is 11.3 Å². The number of aromatic nitrogens is 2. The quantitative estimate of drug-likeness (QED) is 0.850. The van der Waals surface area contributed by atoms with E-state index in [1.165, 1.54) is 16.6 Å². The van der Waals surface area contributed by atoms with Crippen LogP contribution in [0.5, 0.6) is 0 Å². The monoisotopic (exact) mass is 279 g/mol. The number of ether oxygens (including phenoxy) is 1. The summed E-state index contributed by atoms with van der Waals surface area (Å²) in [5.41, 5.74) is 7.48. The molecule has 2 heterocycles. The largest absolute Gasteiger partial charge is 0.462 e. The van der Waals surface area contributed by atoms with Gasteiger partial charge in [0.15, 0.2) is 0 Å². The predicted octanol–water partition coefficient (Wildman–Crippen LogP) is 1.98. The molecule has 0 aliphatic rings. The molecule has 0 aromatic carbocycles. The number of carbonyl (C=O) groups is 1. The fraction of sp³-hybridized carbons (Fsp3) is 0.385. The van der Waals surface area contributed by atoms with Crippen LogP contribution in [-0.2, 0) is 4.74 Å². The van der Waals surface area contributed by atoms with Gasteiger partial charge in [-0.25, -0.2) is 4.79 Å². The Balaban J connectivity index is 2.25. The van der Waals surface area contributed by atoms with Crippen LogP contribution in [-0.4, -0.2) is 28.9 Å². The van der Waals surface area contributed by atoms with E-state index in [0.717, 1.165) is 0 Å². The summed E-state index contributed by atoms with van der Waals surface area (Å²) in [5.74, 6) is -0.354. The third kappa shape index (κ3) is 2.85. The first-order valence-corrected chi connectivity index (χ1v) is 7.00. The molecular weight excluding hydrogens is 262 g/mol. The first-order valence-electron chi connectivity index (χ1n) is 6.12. The van der Waals surface area contributed by atoms with Gasteiger partial charge in [0.05, 0.1) is 24.4 Å². The number of hydrogen-bond donors (Lipinski definition) is 1. The fourth-order valence-corrected chi connectivity index (χ4v) is 2.92. The van der Waals surface area contributed by atoms with Crippen molar-refractivity contribution >= 4 is 17.3 Å². The number of hydrogen-bond acceptors (Lipinski definition) is 5. The second-order valence-electron chi connectivity index (χ2n) is 4.15. The van der Waals surface area contributed by atoms with Gasteiger partial charge in [-0.3, -0.25) is 4.68 Å². The summed E-state index contributed by atoms with van der Waals surface area (Å²) in [6.45, 7) is 4.62. The maximum absolute atomic E-state index is 11.6. The number of rotatable bonds is 5. The van der Waals surface area contributed by atoms with Crippen molar-refractivity contribution in [1.29, 1.82) is 0 Å². The Kier molecular flexibility index (Phi) is 4.34. The van der Waals surface area contributed by atoms with Crippen LogP contribution in [0.3, 0.4) is 0 Å². The van der Waals surface area contributed by atoms with Crippen molar-refractivity contribution in [2.75, 3.05) is 13.2 Å². The lowest BCUT2D eigenvalue weighted by Crippen LogP contribution is -2.20. The lowest BCUT2D eigenvalue weighted by molar-refractivity contribution is 0.0526. The average Bonchev–Trinajstić information content (AvgIpc) is 3.01. The molecule has 0 aliphatic carbocycles. The van der Waals surface area contributed by atoms with Crippen molar-refractivity contribution in [1.82, 2.24) is 9.78 Å². The van der Waals surface area contributed by atoms with Gasteiger partial charge in [0.2, 0.25) is 0 Å². The van der Waals surface area contributed by atoms with Crippen LogP contribution in [0.15, 0.2) is 23.8 Å².